The molecule has 3 aromatic rings. The predicted molar refractivity (Wildman–Crippen MR) is 81.7 cm³/mol. The molecule has 0 atom stereocenters. The van der Waals surface area contributed by atoms with E-state index in [2.05, 4.69) is 15.9 Å². The van der Waals surface area contributed by atoms with Crippen LogP contribution in [-0.2, 0) is 11.3 Å². The summed E-state index contributed by atoms with van der Waals surface area (Å²) >= 11 is 3.41. The van der Waals surface area contributed by atoms with E-state index in [4.69, 9.17) is 4.74 Å². The van der Waals surface area contributed by atoms with Crippen molar-refractivity contribution in [1.29, 1.82) is 0 Å². The Balaban J connectivity index is 1.79. The predicted octanol–water partition coefficient (Wildman–Crippen LogP) is 4.59. The molecule has 0 radical (unpaired) electrons. The third-order valence-electron chi connectivity index (χ3n) is 3.05. The van der Waals surface area contributed by atoms with E-state index in [0.717, 1.165) is 20.9 Å². The van der Waals surface area contributed by atoms with Crippen LogP contribution >= 0.6 is 15.9 Å². The number of fused-ring (bicyclic) bond motifs is 1. The molecule has 0 saturated heterocycles. The lowest BCUT2D eigenvalue weighted by Crippen LogP contribution is -2.12. The Morgan fingerprint density at radius 3 is 2.70 bits per heavy atom. The molecule has 100 valence electrons. The Morgan fingerprint density at radius 1 is 1.10 bits per heavy atom. The second-order valence-corrected chi connectivity index (χ2v) is 5.34. The number of benzene rings is 2. The van der Waals surface area contributed by atoms with E-state index in [9.17, 15) is 4.79 Å². The van der Waals surface area contributed by atoms with Crippen molar-refractivity contribution in [2.45, 2.75) is 6.61 Å². The van der Waals surface area contributed by atoms with E-state index < -0.39 is 0 Å². The van der Waals surface area contributed by atoms with Gasteiger partial charge in [0.05, 0.1) is 5.52 Å². The highest BCUT2D eigenvalue weighted by atomic mass is 79.9. The van der Waals surface area contributed by atoms with Crippen LogP contribution in [0.2, 0.25) is 0 Å². The van der Waals surface area contributed by atoms with Crippen molar-refractivity contribution in [2.75, 3.05) is 0 Å². The summed E-state index contributed by atoms with van der Waals surface area (Å²) in [4.78, 5) is 12.1. The zero-order valence-corrected chi connectivity index (χ0v) is 12.2. The van der Waals surface area contributed by atoms with Gasteiger partial charge < -0.3 is 4.74 Å². The van der Waals surface area contributed by atoms with Crippen LogP contribution in [0, 0.1) is 0 Å². The first kappa shape index (κ1) is 12.9. The van der Waals surface area contributed by atoms with Gasteiger partial charge in [-0.05, 0) is 29.8 Å². The van der Waals surface area contributed by atoms with E-state index in [1.165, 1.54) is 4.57 Å². The van der Waals surface area contributed by atoms with E-state index >= 15 is 0 Å². The topological polar surface area (TPSA) is 31.2 Å². The molecule has 0 bridgehead atoms. The van der Waals surface area contributed by atoms with E-state index in [1.54, 1.807) is 6.20 Å². The average molecular weight is 330 g/mol. The second-order valence-electron chi connectivity index (χ2n) is 4.43. The maximum Gasteiger partial charge on any atom is 0.418 e. The van der Waals surface area contributed by atoms with Gasteiger partial charge in [-0.25, -0.2) is 4.79 Å². The third kappa shape index (κ3) is 2.60. The molecule has 0 N–H and O–H groups in total. The quantitative estimate of drug-likeness (QED) is 0.688. The van der Waals surface area contributed by atoms with Crippen molar-refractivity contribution in [3.05, 3.63) is 70.8 Å². The lowest BCUT2D eigenvalue weighted by atomic mass is 10.2. The third-order valence-corrected chi connectivity index (χ3v) is 3.55. The minimum absolute atomic E-state index is 0.274. The maximum absolute atomic E-state index is 12.1. The van der Waals surface area contributed by atoms with Crippen LogP contribution in [0.5, 0.6) is 0 Å². The molecule has 3 nitrogen and oxygen atoms in total. The summed E-state index contributed by atoms with van der Waals surface area (Å²) < 4.78 is 7.83. The zero-order valence-electron chi connectivity index (χ0n) is 10.6. The standard InChI is InChI=1S/C16H12BrNO2/c17-14-6-7-15-13(10-14)8-9-18(15)16(19)20-11-12-4-2-1-3-5-12/h1-10H,11H2. The molecule has 0 spiro atoms. The Morgan fingerprint density at radius 2 is 1.90 bits per heavy atom. The Labute approximate surface area is 124 Å². The van der Waals surface area contributed by atoms with Crippen molar-refractivity contribution in [3.8, 4) is 0 Å². The van der Waals surface area contributed by atoms with Gasteiger partial charge in [-0.15, -0.1) is 0 Å². The first-order valence-electron chi connectivity index (χ1n) is 6.22. The number of carbonyl (C=O) groups excluding carboxylic acids is 1. The summed E-state index contributed by atoms with van der Waals surface area (Å²) in [6.45, 7) is 0.274. The first-order valence-corrected chi connectivity index (χ1v) is 7.01. The lowest BCUT2D eigenvalue weighted by molar-refractivity contribution is 0.142. The van der Waals surface area contributed by atoms with E-state index in [-0.39, 0.29) is 12.7 Å². The van der Waals surface area contributed by atoms with Crippen LogP contribution in [0.1, 0.15) is 5.56 Å². The van der Waals surface area contributed by atoms with Crippen molar-refractivity contribution in [1.82, 2.24) is 4.57 Å². The zero-order chi connectivity index (χ0) is 13.9. The van der Waals surface area contributed by atoms with Gasteiger partial charge in [0.25, 0.3) is 0 Å². The maximum atomic E-state index is 12.1. The largest absolute Gasteiger partial charge is 0.444 e. The molecule has 0 saturated carbocycles. The number of hydrogen-bond acceptors (Lipinski definition) is 2. The van der Waals surface area contributed by atoms with Crippen LogP contribution in [0.15, 0.2) is 65.3 Å². The van der Waals surface area contributed by atoms with Gasteiger partial charge in [-0.3, -0.25) is 4.57 Å². The van der Waals surface area contributed by atoms with Crippen molar-refractivity contribution in [3.63, 3.8) is 0 Å². The second kappa shape index (κ2) is 5.51. The molecule has 1 heterocycles. The Kier molecular flexibility index (Phi) is 3.56. The fraction of sp³-hybridized carbons (Fsp3) is 0.0625. The van der Waals surface area contributed by atoms with E-state index in [0.29, 0.717) is 0 Å². The van der Waals surface area contributed by atoms with Crippen LogP contribution in [0.25, 0.3) is 10.9 Å². The molecule has 0 aliphatic heterocycles. The van der Waals surface area contributed by atoms with Crippen LogP contribution in [-0.4, -0.2) is 10.7 Å². The molecule has 20 heavy (non-hydrogen) atoms. The molecule has 0 aliphatic carbocycles. The number of aromatic nitrogens is 1. The Bertz CT molecular complexity index is 750. The van der Waals surface area contributed by atoms with Crippen LogP contribution < -0.4 is 0 Å². The number of rotatable bonds is 2. The number of ether oxygens (including phenoxy) is 1. The van der Waals surface area contributed by atoms with Gasteiger partial charge in [-0.1, -0.05) is 46.3 Å². The molecule has 1 aromatic heterocycles. The normalized spacial score (nSPS) is 10.7. The monoisotopic (exact) mass is 329 g/mol. The number of hydrogen-bond donors (Lipinski definition) is 0. The molecule has 3 rings (SSSR count). The SMILES string of the molecule is O=C(OCc1ccccc1)n1ccc2cc(Br)ccc21. The molecular formula is C16H12BrNO2. The minimum atomic E-state index is -0.369. The summed E-state index contributed by atoms with van der Waals surface area (Å²) in [5.74, 6) is 0. The number of nitrogens with zero attached hydrogens (tertiary/aromatic N) is 1. The minimum Gasteiger partial charge on any atom is -0.444 e. The highest BCUT2D eigenvalue weighted by molar-refractivity contribution is 9.10. The van der Waals surface area contributed by atoms with Crippen molar-refractivity contribution >= 4 is 32.9 Å². The highest BCUT2D eigenvalue weighted by Gasteiger charge is 2.10. The van der Waals surface area contributed by atoms with Gasteiger partial charge >= 0.3 is 6.09 Å². The van der Waals surface area contributed by atoms with Crippen molar-refractivity contribution in [2.24, 2.45) is 0 Å². The van der Waals surface area contributed by atoms with Crippen molar-refractivity contribution < 1.29 is 9.53 Å². The summed E-state index contributed by atoms with van der Waals surface area (Å²) in [6.07, 6.45) is 1.36. The average Bonchev–Trinajstić information content (AvgIpc) is 2.89. The lowest BCUT2D eigenvalue weighted by Gasteiger charge is -2.06. The van der Waals surface area contributed by atoms with Gasteiger partial charge in [0.1, 0.15) is 6.61 Å². The summed E-state index contributed by atoms with van der Waals surface area (Å²) in [6, 6.07) is 17.3. The highest BCUT2D eigenvalue weighted by Crippen LogP contribution is 2.21. The van der Waals surface area contributed by atoms with E-state index in [1.807, 2.05) is 54.6 Å². The van der Waals surface area contributed by atoms with Gasteiger partial charge in [-0.2, -0.15) is 0 Å². The number of halogens is 1. The fourth-order valence-corrected chi connectivity index (χ4v) is 2.44. The summed E-state index contributed by atoms with van der Waals surface area (Å²) in [5.41, 5.74) is 1.81. The summed E-state index contributed by atoms with van der Waals surface area (Å²) in [5, 5.41) is 0.996. The molecule has 4 heteroatoms. The smallest absolute Gasteiger partial charge is 0.418 e. The Hall–Kier alpha value is -2.07. The molecule has 0 fully saturated rings. The van der Waals surface area contributed by atoms with Gasteiger partial charge in [0.15, 0.2) is 0 Å². The number of carbonyl (C=O) groups is 1. The molecule has 0 unspecified atom stereocenters. The summed E-state index contributed by atoms with van der Waals surface area (Å²) in [7, 11) is 0. The molecule has 0 aliphatic rings. The molecular weight excluding hydrogens is 318 g/mol. The first-order chi connectivity index (χ1) is 9.74. The van der Waals surface area contributed by atoms with Gasteiger partial charge in [0.2, 0.25) is 0 Å². The van der Waals surface area contributed by atoms with Gasteiger partial charge in [0, 0.05) is 16.1 Å². The fourth-order valence-electron chi connectivity index (χ4n) is 2.06. The molecule has 2 aromatic carbocycles. The molecule has 0 amide bonds. The van der Waals surface area contributed by atoms with Crippen LogP contribution in [0.3, 0.4) is 0 Å². The van der Waals surface area contributed by atoms with Crippen LogP contribution in [0.4, 0.5) is 4.79 Å².